The average Bonchev–Trinajstić information content (AvgIpc) is 3.08. The lowest BCUT2D eigenvalue weighted by Crippen LogP contribution is -2.03. The molecular weight excluding hydrogens is 367 g/mol. The minimum atomic E-state index is -0.0863. The Balaban J connectivity index is 1.86. The van der Waals surface area contributed by atoms with Crippen molar-refractivity contribution < 1.29 is 4.79 Å². The van der Waals surface area contributed by atoms with Crippen molar-refractivity contribution in [2.24, 2.45) is 0 Å². The van der Waals surface area contributed by atoms with Crippen LogP contribution in [-0.2, 0) is 4.79 Å². The number of carbonyl (C=O) groups excluding carboxylic acids is 1. The van der Waals surface area contributed by atoms with E-state index in [9.17, 15) is 4.79 Å². The first-order chi connectivity index (χ1) is 12.5. The third-order valence-electron chi connectivity index (χ3n) is 4.65. The third-order valence-corrected chi connectivity index (χ3v) is 5.46. The summed E-state index contributed by atoms with van der Waals surface area (Å²) in [6, 6.07) is 15.3. The zero-order valence-corrected chi connectivity index (χ0v) is 15.8. The van der Waals surface area contributed by atoms with Crippen molar-refractivity contribution in [3.63, 3.8) is 0 Å². The number of anilines is 1. The molecule has 2 aromatic carbocycles. The number of halogens is 2. The van der Waals surface area contributed by atoms with Crippen LogP contribution in [0, 0.1) is 13.8 Å². The molecule has 0 bridgehead atoms. The van der Waals surface area contributed by atoms with Gasteiger partial charge in [0.25, 0.3) is 5.91 Å². The first-order valence-corrected chi connectivity index (χ1v) is 8.98. The zero-order valence-electron chi connectivity index (χ0n) is 14.3. The van der Waals surface area contributed by atoms with Gasteiger partial charge in [0, 0.05) is 28.2 Å². The molecule has 26 heavy (non-hydrogen) atoms. The lowest BCUT2D eigenvalue weighted by molar-refractivity contribution is -0.110. The van der Waals surface area contributed by atoms with Gasteiger partial charge in [0.05, 0.1) is 15.7 Å². The fourth-order valence-corrected chi connectivity index (χ4v) is 3.79. The standard InChI is InChI=1S/C21H16Cl2N2O/c1-12-10-14(11-16-15-6-3-4-8-18(15)24-21(16)26)13(2)25(12)19-9-5-7-17(22)20(19)23/h3-11H,1-2H3,(H,24,26)/b16-11+. The van der Waals surface area contributed by atoms with Gasteiger partial charge >= 0.3 is 0 Å². The molecule has 1 amide bonds. The van der Waals surface area contributed by atoms with Gasteiger partial charge in [-0.1, -0.05) is 47.5 Å². The van der Waals surface area contributed by atoms with E-state index in [-0.39, 0.29) is 5.91 Å². The zero-order chi connectivity index (χ0) is 18.4. The van der Waals surface area contributed by atoms with Crippen molar-refractivity contribution in [2.75, 3.05) is 5.32 Å². The summed E-state index contributed by atoms with van der Waals surface area (Å²) in [6.07, 6.45) is 1.93. The molecule has 0 aliphatic carbocycles. The molecule has 3 nitrogen and oxygen atoms in total. The van der Waals surface area contributed by atoms with Crippen LogP contribution in [0.4, 0.5) is 5.69 Å². The monoisotopic (exact) mass is 382 g/mol. The summed E-state index contributed by atoms with van der Waals surface area (Å²) in [6.45, 7) is 4.02. The number of benzene rings is 2. The molecule has 1 N–H and O–H groups in total. The minimum absolute atomic E-state index is 0.0863. The van der Waals surface area contributed by atoms with Gasteiger partial charge in [-0.3, -0.25) is 4.79 Å². The highest BCUT2D eigenvalue weighted by molar-refractivity contribution is 6.43. The molecule has 1 aliphatic rings. The van der Waals surface area contributed by atoms with E-state index in [1.165, 1.54) is 0 Å². The Bertz CT molecular complexity index is 1080. The predicted molar refractivity (Wildman–Crippen MR) is 108 cm³/mol. The number of amides is 1. The Kier molecular flexibility index (Phi) is 4.14. The van der Waals surface area contributed by atoms with Crippen LogP contribution in [0.2, 0.25) is 10.0 Å². The van der Waals surface area contributed by atoms with Crippen LogP contribution in [0.5, 0.6) is 0 Å². The maximum Gasteiger partial charge on any atom is 0.256 e. The number of para-hydroxylation sites is 1. The van der Waals surface area contributed by atoms with Gasteiger partial charge in [0.1, 0.15) is 0 Å². The molecule has 0 spiro atoms. The largest absolute Gasteiger partial charge is 0.321 e. The van der Waals surface area contributed by atoms with Crippen molar-refractivity contribution in [2.45, 2.75) is 13.8 Å². The van der Waals surface area contributed by atoms with E-state index in [4.69, 9.17) is 23.2 Å². The molecule has 3 aromatic rings. The molecule has 1 aromatic heterocycles. The molecule has 4 rings (SSSR count). The van der Waals surface area contributed by atoms with Crippen LogP contribution in [0.1, 0.15) is 22.5 Å². The van der Waals surface area contributed by atoms with Crippen molar-refractivity contribution in [3.8, 4) is 5.69 Å². The van der Waals surface area contributed by atoms with E-state index in [0.717, 1.165) is 33.9 Å². The second kappa shape index (κ2) is 6.35. The maximum absolute atomic E-state index is 12.4. The normalized spacial score (nSPS) is 14.6. The second-order valence-corrected chi connectivity index (χ2v) is 7.08. The third kappa shape index (κ3) is 2.64. The summed E-state index contributed by atoms with van der Waals surface area (Å²) in [4.78, 5) is 12.4. The van der Waals surface area contributed by atoms with Crippen LogP contribution in [0.25, 0.3) is 17.3 Å². The van der Waals surface area contributed by atoms with Gasteiger partial charge in [0.15, 0.2) is 0 Å². The van der Waals surface area contributed by atoms with E-state index in [1.54, 1.807) is 6.07 Å². The lowest BCUT2D eigenvalue weighted by atomic mass is 10.0. The fraction of sp³-hybridized carbons (Fsp3) is 0.0952. The fourth-order valence-electron chi connectivity index (χ4n) is 3.41. The molecule has 0 radical (unpaired) electrons. The number of nitrogens with zero attached hydrogens (tertiary/aromatic N) is 1. The van der Waals surface area contributed by atoms with Gasteiger partial charge in [-0.15, -0.1) is 0 Å². The lowest BCUT2D eigenvalue weighted by Gasteiger charge is -2.12. The van der Waals surface area contributed by atoms with Crippen LogP contribution in [0.15, 0.2) is 48.5 Å². The van der Waals surface area contributed by atoms with E-state index in [2.05, 4.69) is 9.88 Å². The highest BCUT2D eigenvalue weighted by atomic mass is 35.5. The molecule has 1 aliphatic heterocycles. The second-order valence-electron chi connectivity index (χ2n) is 6.29. The maximum atomic E-state index is 12.4. The van der Waals surface area contributed by atoms with Crippen LogP contribution in [0.3, 0.4) is 0 Å². The molecule has 0 unspecified atom stereocenters. The number of hydrogen-bond donors (Lipinski definition) is 1. The Labute approximate surface area is 161 Å². The van der Waals surface area contributed by atoms with Gasteiger partial charge < -0.3 is 9.88 Å². The van der Waals surface area contributed by atoms with Gasteiger partial charge in [-0.05, 0) is 49.8 Å². The van der Waals surface area contributed by atoms with Crippen molar-refractivity contribution in [1.29, 1.82) is 0 Å². The molecule has 0 saturated carbocycles. The van der Waals surface area contributed by atoms with Crippen molar-refractivity contribution >= 4 is 46.4 Å². The van der Waals surface area contributed by atoms with Crippen LogP contribution < -0.4 is 5.32 Å². The summed E-state index contributed by atoms with van der Waals surface area (Å²) in [5, 5.41) is 3.93. The first-order valence-electron chi connectivity index (χ1n) is 8.23. The molecule has 5 heteroatoms. The van der Waals surface area contributed by atoms with Crippen molar-refractivity contribution in [1.82, 2.24) is 4.57 Å². The Morgan fingerprint density at radius 1 is 1.04 bits per heavy atom. The van der Waals surface area contributed by atoms with E-state index in [0.29, 0.717) is 15.6 Å². The quantitative estimate of drug-likeness (QED) is 0.550. The van der Waals surface area contributed by atoms with Crippen LogP contribution in [-0.4, -0.2) is 10.5 Å². The highest BCUT2D eigenvalue weighted by Gasteiger charge is 2.24. The Morgan fingerprint density at radius 3 is 2.62 bits per heavy atom. The van der Waals surface area contributed by atoms with Gasteiger partial charge in [-0.2, -0.15) is 0 Å². The molecule has 130 valence electrons. The summed E-state index contributed by atoms with van der Waals surface area (Å²) in [5.74, 6) is -0.0863. The minimum Gasteiger partial charge on any atom is -0.321 e. The first kappa shape index (κ1) is 17.0. The number of fused-ring (bicyclic) bond motifs is 1. The summed E-state index contributed by atoms with van der Waals surface area (Å²) >= 11 is 12.6. The Hall–Kier alpha value is -2.49. The Morgan fingerprint density at radius 2 is 1.81 bits per heavy atom. The topological polar surface area (TPSA) is 34.0 Å². The summed E-state index contributed by atoms with van der Waals surface area (Å²) in [7, 11) is 0. The number of aromatic nitrogens is 1. The van der Waals surface area contributed by atoms with E-state index in [1.807, 2.05) is 62.4 Å². The summed E-state index contributed by atoms with van der Waals surface area (Å²) in [5.41, 5.74) is 6.24. The van der Waals surface area contributed by atoms with Crippen LogP contribution >= 0.6 is 23.2 Å². The molecule has 0 fully saturated rings. The number of nitrogens with one attached hydrogen (secondary N) is 1. The number of carbonyl (C=O) groups is 1. The van der Waals surface area contributed by atoms with E-state index >= 15 is 0 Å². The molecule has 0 atom stereocenters. The molecular formula is C21H16Cl2N2O. The SMILES string of the molecule is Cc1cc(/C=C2/C(=O)Nc3ccccc32)c(C)n1-c1cccc(Cl)c1Cl. The molecule has 2 heterocycles. The molecule has 0 saturated heterocycles. The van der Waals surface area contributed by atoms with Gasteiger partial charge in [0.2, 0.25) is 0 Å². The summed E-state index contributed by atoms with van der Waals surface area (Å²) < 4.78 is 2.05. The number of aryl methyl sites for hydroxylation is 1. The average molecular weight is 383 g/mol. The highest BCUT2D eigenvalue weighted by Crippen LogP contribution is 2.35. The van der Waals surface area contributed by atoms with Crippen molar-refractivity contribution in [3.05, 3.63) is 81.1 Å². The van der Waals surface area contributed by atoms with E-state index < -0.39 is 0 Å². The smallest absolute Gasteiger partial charge is 0.256 e. The van der Waals surface area contributed by atoms with Gasteiger partial charge in [-0.25, -0.2) is 0 Å². The predicted octanol–water partition coefficient (Wildman–Crippen LogP) is 5.89. The number of rotatable bonds is 2. The number of hydrogen-bond acceptors (Lipinski definition) is 1.